The number of hydrogen-bond donors (Lipinski definition) is 1. The molecule has 0 saturated carbocycles. The summed E-state index contributed by atoms with van der Waals surface area (Å²) in [5.41, 5.74) is 8.66. The van der Waals surface area contributed by atoms with E-state index in [0.29, 0.717) is 16.8 Å². The lowest BCUT2D eigenvalue weighted by atomic mass is 10.0. The molecule has 0 unspecified atom stereocenters. The normalized spacial score (nSPS) is 10.4. The monoisotopic (exact) mass is 367 g/mol. The molecule has 18 heavy (non-hydrogen) atoms. The molecular weight excluding hydrogens is 358 g/mol. The summed E-state index contributed by atoms with van der Waals surface area (Å²) in [6.45, 7) is 1.96. The van der Waals surface area contributed by atoms with Crippen LogP contribution in [0.1, 0.15) is 21.5 Å². The SMILES string of the molecule is Cc1cc(C(=O)c2ccc(N)c(Br)c2)ccc1Br. The maximum Gasteiger partial charge on any atom is 0.193 e. The number of benzene rings is 2. The first-order valence-corrected chi connectivity index (χ1v) is 6.93. The van der Waals surface area contributed by atoms with Gasteiger partial charge in [-0.15, -0.1) is 0 Å². The predicted octanol–water partition coefficient (Wildman–Crippen LogP) is 4.33. The first-order chi connectivity index (χ1) is 8.49. The van der Waals surface area contributed by atoms with Crippen molar-refractivity contribution in [2.75, 3.05) is 5.73 Å². The minimum absolute atomic E-state index is 0.00806. The maximum atomic E-state index is 12.3. The number of nitrogens with two attached hydrogens (primary N) is 1. The van der Waals surface area contributed by atoms with Gasteiger partial charge in [0.05, 0.1) is 0 Å². The average molecular weight is 369 g/mol. The van der Waals surface area contributed by atoms with Crippen LogP contribution in [0.5, 0.6) is 0 Å². The minimum Gasteiger partial charge on any atom is -0.398 e. The van der Waals surface area contributed by atoms with Gasteiger partial charge in [-0.2, -0.15) is 0 Å². The Labute approximate surface area is 122 Å². The predicted molar refractivity (Wildman–Crippen MR) is 80.9 cm³/mol. The standard InChI is InChI=1S/C14H11Br2NO/c1-8-6-9(2-4-11(8)15)14(18)10-3-5-13(17)12(16)7-10/h2-7H,17H2,1H3. The van der Waals surface area contributed by atoms with Crippen LogP contribution < -0.4 is 5.73 Å². The second-order valence-corrected chi connectivity index (χ2v) is 5.74. The Morgan fingerprint density at radius 1 is 1.00 bits per heavy atom. The number of aryl methyl sites for hydroxylation is 1. The van der Waals surface area contributed by atoms with Gasteiger partial charge in [0.1, 0.15) is 0 Å². The first-order valence-electron chi connectivity index (χ1n) is 5.35. The highest BCUT2D eigenvalue weighted by molar-refractivity contribution is 9.10. The Hall–Kier alpha value is -1.13. The molecule has 0 aliphatic heterocycles. The van der Waals surface area contributed by atoms with Crippen molar-refractivity contribution >= 4 is 43.3 Å². The summed E-state index contributed by atoms with van der Waals surface area (Å²) in [6.07, 6.45) is 0. The van der Waals surface area contributed by atoms with E-state index in [2.05, 4.69) is 31.9 Å². The van der Waals surface area contributed by atoms with Crippen molar-refractivity contribution in [3.63, 3.8) is 0 Å². The van der Waals surface area contributed by atoms with E-state index in [9.17, 15) is 4.79 Å². The molecule has 0 spiro atoms. The van der Waals surface area contributed by atoms with Crippen molar-refractivity contribution in [2.24, 2.45) is 0 Å². The van der Waals surface area contributed by atoms with Gasteiger partial charge in [0, 0.05) is 25.8 Å². The van der Waals surface area contributed by atoms with Gasteiger partial charge in [0.2, 0.25) is 0 Å². The minimum atomic E-state index is -0.00806. The molecular formula is C14H11Br2NO. The van der Waals surface area contributed by atoms with Gasteiger partial charge in [-0.1, -0.05) is 15.9 Å². The zero-order valence-corrected chi connectivity index (χ0v) is 12.9. The number of nitrogen functional groups attached to an aromatic ring is 1. The van der Waals surface area contributed by atoms with E-state index in [1.165, 1.54) is 0 Å². The van der Waals surface area contributed by atoms with Gasteiger partial charge in [-0.3, -0.25) is 4.79 Å². The van der Waals surface area contributed by atoms with E-state index in [1.54, 1.807) is 18.2 Å². The van der Waals surface area contributed by atoms with Crippen molar-refractivity contribution in [3.8, 4) is 0 Å². The molecule has 4 heteroatoms. The van der Waals surface area contributed by atoms with Gasteiger partial charge in [0.15, 0.2) is 5.78 Å². The summed E-state index contributed by atoms with van der Waals surface area (Å²) in [4.78, 5) is 12.3. The van der Waals surface area contributed by atoms with Crippen molar-refractivity contribution in [3.05, 3.63) is 62.0 Å². The van der Waals surface area contributed by atoms with Crippen LogP contribution in [0.25, 0.3) is 0 Å². The van der Waals surface area contributed by atoms with Crippen molar-refractivity contribution in [1.29, 1.82) is 0 Å². The quantitative estimate of drug-likeness (QED) is 0.633. The summed E-state index contributed by atoms with van der Waals surface area (Å²) < 4.78 is 1.74. The molecule has 0 radical (unpaired) electrons. The summed E-state index contributed by atoms with van der Waals surface area (Å²) in [5.74, 6) is -0.00806. The fourth-order valence-corrected chi connectivity index (χ4v) is 2.25. The number of ketones is 1. The first kappa shape index (κ1) is 13.3. The zero-order chi connectivity index (χ0) is 13.3. The number of rotatable bonds is 2. The van der Waals surface area contributed by atoms with E-state index in [-0.39, 0.29) is 5.78 Å². The fraction of sp³-hybridized carbons (Fsp3) is 0.0714. The van der Waals surface area contributed by atoms with Gasteiger partial charge >= 0.3 is 0 Å². The molecule has 2 aromatic carbocycles. The lowest BCUT2D eigenvalue weighted by molar-refractivity contribution is 0.103. The molecule has 2 N–H and O–H groups in total. The second-order valence-electron chi connectivity index (χ2n) is 4.03. The lowest BCUT2D eigenvalue weighted by Crippen LogP contribution is -2.02. The third-order valence-electron chi connectivity index (χ3n) is 2.68. The summed E-state index contributed by atoms with van der Waals surface area (Å²) >= 11 is 6.75. The van der Waals surface area contributed by atoms with Gasteiger partial charge in [-0.25, -0.2) is 0 Å². The number of anilines is 1. The fourth-order valence-electron chi connectivity index (χ4n) is 1.62. The van der Waals surface area contributed by atoms with E-state index < -0.39 is 0 Å². The molecule has 2 rings (SSSR count). The van der Waals surface area contributed by atoms with Crippen LogP contribution in [0.4, 0.5) is 5.69 Å². The Morgan fingerprint density at radius 2 is 1.61 bits per heavy atom. The zero-order valence-electron chi connectivity index (χ0n) is 9.71. The number of carbonyl (C=O) groups excluding carboxylic acids is 1. The Kier molecular flexibility index (Phi) is 3.88. The molecule has 0 saturated heterocycles. The van der Waals surface area contributed by atoms with E-state index in [0.717, 1.165) is 14.5 Å². The molecule has 92 valence electrons. The molecule has 0 fully saturated rings. The number of hydrogen-bond acceptors (Lipinski definition) is 2. The topological polar surface area (TPSA) is 43.1 Å². The van der Waals surface area contributed by atoms with Crippen molar-refractivity contribution in [2.45, 2.75) is 6.92 Å². The van der Waals surface area contributed by atoms with Crippen LogP contribution in [0.15, 0.2) is 45.3 Å². The summed E-state index contributed by atoms with van der Waals surface area (Å²) in [5, 5.41) is 0. The van der Waals surface area contributed by atoms with Crippen LogP contribution in [-0.4, -0.2) is 5.78 Å². The van der Waals surface area contributed by atoms with Crippen LogP contribution in [0.2, 0.25) is 0 Å². The Bertz CT molecular complexity index is 570. The van der Waals surface area contributed by atoms with Gasteiger partial charge < -0.3 is 5.73 Å². The second kappa shape index (κ2) is 5.24. The molecule has 0 atom stereocenters. The van der Waals surface area contributed by atoms with E-state index in [4.69, 9.17) is 5.73 Å². The van der Waals surface area contributed by atoms with Gasteiger partial charge in [0.25, 0.3) is 0 Å². The van der Waals surface area contributed by atoms with Crippen LogP contribution >= 0.6 is 31.9 Å². The van der Waals surface area contributed by atoms with Crippen LogP contribution in [0, 0.1) is 6.92 Å². The highest BCUT2D eigenvalue weighted by Crippen LogP contribution is 2.23. The molecule has 2 nitrogen and oxygen atoms in total. The Morgan fingerprint density at radius 3 is 2.22 bits per heavy atom. The smallest absolute Gasteiger partial charge is 0.193 e. The maximum absolute atomic E-state index is 12.3. The van der Waals surface area contributed by atoms with Crippen LogP contribution in [-0.2, 0) is 0 Å². The number of carbonyl (C=O) groups is 1. The summed E-state index contributed by atoms with van der Waals surface area (Å²) in [6, 6.07) is 10.8. The largest absolute Gasteiger partial charge is 0.398 e. The van der Waals surface area contributed by atoms with Crippen molar-refractivity contribution < 1.29 is 4.79 Å². The average Bonchev–Trinajstić information content (AvgIpc) is 2.35. The van der Waals surface area contributed by atoms with E-state index in [1.807, 2.05) is 25.1 Å². The molecule has 0 aliphatic carbocycles. The summed E-state index contributed by atoms with van der Waals surface area (Å²) in [7, 11) is 0. The molecule has 0 aliphatic rings. The molecule has 0 heterocycles. The van der Waals surface area contributed by atoms with Gasteiger partial charge in [-0.05, 0) is 64.8 Å². The third-order valence-corrected chi connectivity index (χ3v) is 4.26. The van der Waals surface area contributed by atoms with Crippen LogP contribution in [0.3, 0.4) is 0 Å². The highest BCUT2D eigenvalue weighted by atomic mass is 79.9. The molecule has 0 amide bonds. The molecule has 0 bridgehead atoms. The van der Waals surface area contributed by atoms with E-state index >= 15 is 0 Å². The Balaban J connectivity index is 2.41. The molecule has 0 aromatic heterocycles. The van der Waals surface area contributed by atoms with Crippen molar-refractivity contribution in [1.82, 2.24) is 0 Å². The number of halogens is 2. The third kappa shape index (κ3) is 2.65. The lowest BCUT2D eigenvalue weighted by Gasteiger charge is -2.05. The molecule has 2 aromatic rings. The highest BCUT2D eigenvalue weighted by Gasteiger charge is 2.11.